The van der Waals surface area contributed by atoms with Crippen LogP contribution in [0.4, 0.5) is 21.0 Å². The Morgan fingerprint density at radius 2 is 1.49 bits per heavy atom. The zero-order chi connectivity index (χ0) is 25.3. The second-order valence-electron chi connectivity index (χ2n) is 9.34. The molecule has 3 rings (SSSR count). The second kappa shape index (κ2) is 11.9. The molecule has 0 aliphatic rings. The number of carbonyl (C=O) groups excluding carboxylic acids is 2. The first-order valence-corrected chi connectivity index (χ1v) is 11.7. The minimum atomic E-state index is -0.312. The normalized spacial score (nSPS) is 10.9. The molecule has 4 amide bonds. The molecule has 3 aromatic rings. The molecule has 0 saturated carbocycles. The molecule has 0 aliphatic carbocycles. The van der Waals surface area contributed by atoms with Crippen molar-refractivity contribution >= 4 is 23.4 Å². The van der Waals surface area contributed by atoms with Gasteiger partial charge in [0.1, 0.15) is 11.5 Å². The maximum absolute atomic E-state index is 13.2. The topological polar surface area (TPSA) is 82.7 Å². The Hall–Kier alpha value is -4.00. The minimum Gasteiger partial charge on any atom is -0.457 e. The molecule has 0 heterocycles. The van der Waals surface area contributed by atoms with Gasteiger partial charge in [0.05, 0.1) is 0 Å². The predicted molar refractivity (Wildman–Crippen MR) is 141 cm³/mol. The largest absolute Gasteiger partial charge is 0.457 e. The van der Waals surface area contributed by atoms with E-state index in [-0.39, 0.29) is 17.6 Å². The van der Waals surface area contributed by atoms with Crippen molar-refractivity contribution in [2.75, 3.05) is 23.3 Å². The molecule has 0 aliphatic heterocycles. The standard InChI is InChI=1S/C28H34N4O3/c1-21-11-13-22(14-12-21)30-27(34)32(20-8-19-29-26(33)31-28(2,3)4)23-15-17-25(18-16-23)35-24-9-6-5-7-10-24/h5-7,9-18H,8,19-20H2,1-4H3,(H,30,34)(H2,29,31,33). The van der Waals surface area contributed by atoms with Crippen LogP contribution in [-0.2, 0) is 0 Å². The molecule has 0 aromatic heterocycles. The molecule has 0 fully saturated rings. The first kappa shape index (κ1) is 25.6. The van der Waals surface area contributed by atoms with Crippen molar-refractivity contribution in [2.45, 2.75) is 39.7 Å². The fourth-order valence-corrected chi connectivity index (χ4v) is 3.32. The highest BCUT2D eigenvalue weighted by Gasteiger charge is 2.17. The van der Waals surface area contributed by atoms with Gasteiger partial charge in [0.15, 0.2) is 0 Å². The van der Waals surface area contributed by atoms with E-state index in [0.29, 0.717) is 25.3 Å². The van der Waals surface area contributed by atoms with Crippen molar-refractivity contribution < 1.29 is 14.3 Å². The summed E-state index contributed by atoms with van der Waals surface area (Å²) in [7, 11) is 0. The van der Waals surface area contributed by atoms with E-state index in [1.54, 1.807) is 4.90 Å². The molecule has 0 atom stereocenters. The number of rotatable bonds is 8. The molecule has 184 valence electrons. The van der Waals surface area contributed by atoms with E-state index in [0.717, 1.165) is 22.7 Å². The van der Waals surface area contributed by atoms with Crippen LogP contribution in [-0.4, -0.2) is 30.7 Å². The lowest BCUT2D eigenvalue weighted by molar-refractivity contribution is 0.232. The number of ether oxygens (including phenoxy) is 1. The number of benzene rings is 3. The molecule has 0 radical (unpaired) electrons. The lowest BCUT2D eigenvalue weighted by Crippen LogP contribution is -2.47. The Morgan fingerprint density at radius 1 is 0.857 bits per heavy atom. The van der Waals surface area contributed by atoms with Crippen LogP contribution in [0.5, 0.6) is 11.5 Å². The molecule has 0 saturated heterocycles. The zero-order valence-corrected chi connectivity index (χ0v) is 20.8. The molecule has 35 heavy (non-hydrogen) atoms. The van der Waals surface area contributed by atoms with Crippen LogP contribution in [0.25, 0.3) is 0 Å². The number of urea groups is 2. The van der Waals surface area contributed by atoms with E-state index in [2.05, 4.69) is 16.0 Å². The van der Waals surface area contributed by atoms with E-state index in [4.69, 9.17) is 4.74 Å². The molecule has 3 aromatic carbocycles. The fourth-order valence-electron chi connectivity index (χ4n) is 3.32. The Balaban J connectivity index is 1.67. The monoisotopic (exact) mass is 474 g/mol. The first-order valence-electron chi connectivity index (χ1n) is 11.7. The highest BCUT2D eigenvalue weighted by molar-refractivity contribution is 6.01. The van der Waals surface area contributed by atoms with Crippen molar-refractivity contribution in [2.24, 2.45) is 0 Å². The van der Waals surface area contributed by atoms with Crippen LogP contribution in [0.3, 0.4) is 0 Å². The van der Waals surface area contributed by atoms with Gasteiger partial charge in [-0.05, 0) is 82.6 Å². The average Bonchev–Trinajstić information content (AvgIpc) is 2.81. The van der Waals surface area contributed by atoms with Gasteiger partial charge in [-0.3, -0.25) is 4.90 Å². The van der Waals surface area contributed by atoms with Gasteiger partial charge in [0.25, 0.3) is 0 Å². The lowest BCUT2D eigenvalue weighted by Gasteiger charge is -2.24. The second-order valence-corrected chi connectivity index (χ2v) is 9.34. The van der Waals surface area contributed by atoms with Gasteiger partial charge in [-0.15, -0.1) is 0 Å². The number of hydrogen-bond acceptors (Lipinski definition) is 3. The minimum absolute atomic E-state index is 0.226. The van der Waals surface area contributed by atoms with Gasteiger partial charge in [0.2, 0.25) is 0 Å². The van der Waals surface area contributed by atoms with Gasteiger partial charge in [-0.1, -0.05) is 35.9 Å². The van der Waals surface area contributed by atoms with Gasteiger partial charge in [-0.25, -0.2) is 9.59 Å². The molecule has 0 unspecified atom stereocenters. The first-order chi connectivity index (χ1) is 16.7. The van der Waals surface area contributed by atoms with Crippen molar-refractivity contribution in [3.63, 3.8) is 0 Å². The average molecular weight is 475 g/mol. The summed E-state index contributed by atoms with van der Waals surface area (Å²) in [4.78, 5) is 26.9. The number of nitrogens with zero attached hydrogens (tertiary/aromatic N) is 1. The third-order valence-corrected chi connectivity index (χ3v) is 5.01. The summed E-state index contributed by atoms with van der Waals surface area (Å²) in [6, 6.07) is 24.1. The summed E-state index contributed by atoms with van der Waals surface area (Å²) in [5, 5.41) is 8.68. The third-order valence-electron chi connectivity index (χ3n) is 5.01. The van der Waals surface area contributed by atoms with E-state index in [9.17, 15) is 9.59 Å². The quantitative estimate of drug-likeness (QED) is 0.334. The number of aryl methyl sites for hydroxylation is 1. The molecule has 0 spiro atoms. The summed E-state index contributed by atoms with van der Waals surface area (Å²) in [6.45, 7) is 8.64. The van der Waals surface area contributed by atoms with Crippen LogP contribution in [0.2, 0.25) is 0 Å². The molecule has 0 bridgehead atoms. The Bertz CT molecular complexity index is 1090. The van der Waals surface area contributed by atoms with Crippen LogP contribution in [0.15, 0.2) is 78.9 Å². The van der Waals surface area contributed by atoms with Crippen molar-refractivity contribution in [3.8, 4) is 11.5 Å². The number of anilines is 2. The lowest BCUT2D eigenvalue weighted by atomic mass is 10.1. The third kappa shape index (κ3) is 8.70. The molecule has 3 N–H and O–H groups in total. The summed E-state index contributed by atoms with van der Waals surface area (Å²) >= 11 is 0. The zero-order valence-electron chi connectivity index (χ0n) is 20.8. The fraction of sp³-hybridized carbons (Fsp3) is 0.286. The number of hydrogen-bond donors (Lipinski definition) is 3. The van der Waals surface area contributed by atoms with Crippen LogP contribution in [0.1, 0.15) is 32.8 Å². The smallest absolute Gasteiger partial charge is 0.326 e. The Labute approximate surface area is 207 Å². The summed E-state index contributed by atoms with van der Waals surface area (Å²) in [6.07, 6.45) is 0.584. The highest BCUT2D eigenvalue weighted by Crippen LogP contribution is 2.25. The van der Waals surface area contributed by atoms with Crippen molar-refractivity contribution in [3.05, 3.63) is 84.4 Å². The van der Waals surface area contributed by atoms with E-state index in [1.807, 2.05) is 107 Å². The summed E-state index contributed by atoms with van der Waals surface area (Å²) < 4.78 is 5.87. The Morgan fingerprint density at radius 3 is 2.11 bits per heavy atom. The van der Waals surface area contributed by atoms with E-state index < -0.39 is 0 Å². The SMILES string of the molecule is Cc1ccc(NC(=O)N(CCCNC(=O)NC(C)(C)C)c2ccc(Oc3ccccc3)cc2)cc1. The molecular formula is C28H34N4O3. The van der Waals surface area contributed by atoms with Crippen LogP contribution < -0.4 is 25.6 Å². The van der Waals surface area contributed by atoms with Gasteiger partial charge in [-0.2, -0.15) is 0 Å². The summed E-state index contributed by atoms with van der Waals surface area (Å²) in [5.41, 5.74) is 2.26. The van der Waals surface area contributed by atoms with E-state index in [1.165, 1.54) is 0 Å². The number of carbonyl (C=O) groups is 2. The van der Waals surface area contributed by atoms with Gasteiger partial charge >= 0.3 is 12.1 Å². The van der Waals surface area contributed by atoms with Crippen molar-refractivity contribution in [1.82, 2.24) is 10.6 Å². The van der Waals surface area contributed by atoms with Crippen LogP contribution in [0, 0.1) is 6.92 Å². The van der Waals surface area contributed by atoms with Gasteiger partial charge < -0.3 is 20.7 Å². The molecular weight excluding hydrogens is 440 g/mol. The highest BCUT2D eigenvalue weighted by atomic mass is 16.5. The number of nitrogens with one attached hydrogen (secondary N) is 3. The van der Waals surface area contributed by atoms with Crippen LogP contribution >= 0.6 is 0 Å². The maximum atomic E-state index is 13.2. The van der Waals surface area contributed by atoms with Crippen molar-refractivity contribution in [1.29, 1.82) is 0 Å². The van der Waals surface area contributed by atoms with Gasteiger partial charge in [0, 0.05) is 30.0 Å². The molecule has 7 nitrogen and oxygen atoms in total. The number of amides is 4. The predicted octanol–water partition coefficient (Wildman–Crippen LogP) is 6.31. The Kier molecular flexibility index (Phi) is 8.73. The van der Waals surface area contributed by atoms with E-state index >= 15 is 0 Å². The number of para-hydroxylation sites is 1. The molecule has 7 heteroatoms. The summed E-state index contributed by atoms with van der Waals surface area (Å²) in [5.74, 6) is 1.42. The maximum Gasteiger partial charge on any atom is 0.326 e.